The molecule has 0 aliphatic rings. The third-order valence-electron chi connectivity index (χ3n) is 1.95. The first-order valence-electron chi connectivity index (χ1n) is 4.33. The van der Waals surface area contributed by atoms with Crippen LogP contribution in [0.1, 0.15) is 12.5 Å². The first-order valence-corrected chi connectivity index (χ1v) is 5.21. The topological polar surface area (TPSA) is 69.1 Å². The van der Waals surface area contributed by atoms with Gasteiger partial charge in [-0.15, -0.1) is 11.8 Å². The second kappa shape index (κ2) is 4.37. The number of benzene rings is 1. The predicted octanol–water partition coefficient (Wildman–Crippen LogP) is 1.54. The molecule has 0 radical (unpaired) electrons. The lowest BCUT2D eigenvalue weighted by atomic mass is 10.2. The van der Waals surface area contributed by atoms with E-state index in [-0.39, 0.29) is 11.2 Å². The van der Waals surface area contributed by atoms with Crippen molar-refractivity contribution in [3.8, 4) is 0 Å². The van der Waals surface area contributed by atoms with Gasteiger partial charge >= 0.3 is 0 Å². The predicted molar refractivity (Wildman–Crippen MR) is 60.1 cm³/mol. The van der Waals surface area contributed by atoms with Crippen molar-refractivity contribution in [2.24, 2.45) is 5.73 Å². The fourth-order valence-electron chi connectivity index (χ4n) is 0.984. The molecular formula is C10H14N2OS. The maximum absolute atomic E-state index is 10.8. The summed E-state index contributed by atoms with van der Waals surface area (Å²) in [6, 6.07) is 5.69. The monoisotopic (exact) mass is 210 g/mol. The molecule has 14 heavy (non-hydrogen) atoms. The molecule has 0 saturated heterocycles. The van der Waals surface area contributed by atoms with Crippen molar-refractivity contribution < 1.29 is 4.79 Å². The van der Waals surface area contributed by atoms with Gasteiger partial charge in [0, 0.05) is 10.6 Å². The zero-order valence-corrected chi connectivity index (χ0v) is 9.10. The Morgan fingerprint density at radius 1 is 1.50 bits per heavy atom. The van der Waals surface area contributed by atoms with Gasteiger partial charge in [0.15, 0.2) is 0 Å². The van der Waals surface area contributed by atoms with Gasteiger partial charge in [0.1, 0.15) is 0 Å². The fraction of sp³-hybridized carbons (Fsp3) is 0.300. The molecule has 0 aliphatic heterocycles. The second-order valence-electron chi connectivity index (χ2n) is 3.18. The minimum atomic E-state index is -0.301. The lowest BCUT2D eigenvalue weighted by molar-refractivity contribution is -0.117. The summed E-state index contributed by atoms with van der Waals surface area (Å²) in [5.74, 6) is -0.301. The van der Waals surface area contributed by atoms with Crippen LogP contribution >= 0.6 is 11.8 Å². The van der Waals surface area contributed by atoms with E-state index in [1.807, 2.05) is 25.1 Å². The molecule has 0 saturated carbocycles. The van der Waals surface area contributed by atoms with Gasteiger partial charge in [-0.2, -0.15) is 0 Å². The maximum atomic E-state index is 10.8. The third-order valence-corrected chi connectivity index (χ3v) is 3.07. The molecule has 1 unspecified atom stereocenters. The van der Waals surface area contributed by atoms with Gasteiger partial charge in [0.05, 0.1) is 5.25 Å². The molecular weight excluding hydrogens is 196 g/mol. The number of hydrogen-bond donors (Lipinski definition) is 2. The van der Waals surface area contributed by atoms with Gasteiger partial charge in [-0.25, -0.2) is 0 Å². The van der Waals surface area contributed by atoms with Crippen LogP contribution in [0, 0.1) is 6.92 Å². The molecule has 0 spiro atoms. The van der Waals surface area contributed by atoms with E-state index < -0.39 is 0 Å². The van der Waals surface area contributed by atoms with E-state index in [1.54, 1.807) is 6.92 Å². The Labute approximate surface area is 87.9 Å². The molecule has 1 amide bonds. The van der Waals surface area contributed by atoms with Gasteiger partial charge in [-0.1, -0.05) is 0 Å². The Balaban J connectivity index is 2.78. The highest BCUT2D eigenvalue weighted by Crippen LogP contribution is 2.25. The highest BCUT2D eigenvalue weighted by atomic mass is 32.2. The largest absolute Gasteiger partial charge is 0.399 e. The number of amides is 1. The summed E-state index contributed by atoms with van der Waals surface area (Å²) in [7, 11) is 0. The molecule has 0 heterocycles. The van der Waals surface area contributed by atoms with Crippen molar-refractivity contribution in [1.29, 1.82) is 0 Å². The summed E-state index contributed by atoms with van der Waals surface area (Å²) >= 11 is 1.44. The van der Waals surface area contributed by atoms with Crippen LogP contribution in [-0.4, -0.2) is 11.2 Å². The van der Waals surface area contributed by atoms with E-state index >= 15 is 0 Å². The number of rotatable bonds is 3. The second-order valence-corrected chi connectivity index (χ2v) is 4.60. The molecule has 4 heteroatoms. The molecule has 0 fully saturated rings. The van der Waals surface area contributed by atoms with E-state index in [2.05, 4.69) is 0 Å². The Bertz CT molecular complexity index is 352. The van der Waals surface area contributed by atoms with Crippen LogP contribution in [0.5, 0.6) is 0 Å². The van der Waals surface area contributed by atoms with E-state index in [4.69, 9.17) is 11.5 Å². The van der Waals surface area contributed by atoms with Crippen LogP contribution in [0.15, 0.2) is 23.1 Å². The summed E-state index contributed by atoms with van der Waals surface area (Å²) in [5, 5.41) is -0.210. The number of carbonyl (C=O) groups excluding carboxylic acids is 1. The molecule has 76 valence electrons. The lowest BCUT2D eigenvalue weighted by Crippen LogP contribution is -2.22. The van der Waals surface area contributed by atoms with Crippen LogP contribution in [0.2, 0.25) is 0 Å². The Morgan fingerprint density at radius 2 is 2.14 bits per heavy atom. The molecule has 1 rings (SSSR count). The van der Waals surface area contributed by atoms with Gasteiger partial charge in [-0.05, 0) is 37.6 Å². The van der Waals surface area contributed by atoms with Crippen molar-refractivity contribution in [2.45, 2.75) is 24.0 Å². The average molecular weight is 210 g/mol. The van der Waals surface area contributed by atoms with Crippen molar-refractivity contribution in [3.63, 3.8) is 0 Å². The number of primary amides is 1. The van der Waals surface area contributed by atoms with E-state index in [1.165, 1.54) is 11.8 Å². The van der Waals surface area contributed by atoms with Crippen molar-refractivity contribution in [2.75, 3.05) is 5.73 Å². The zero-order chi connectivity index (χ0) is 10.7. The first kappa shape index (κ1) is 10.9. The number of hydrogen-bond acceptors (Lipinski definition) is 3. The molecule has 3 nitrogen and oxygen atoms in total. The van der Waals surface area contributed by atoms with Crippen LogP contribution in [-0.2, 0) is 4.79 Å². The molecule has 4 N–H and O–H groups in total. The van der Waals surface area contributed by atoms with Gasteiger partial charge in [0.25, 0.3) is 0 Å². The van der Waals surface area contributed by atoms with E-state index in [9.17, 15) is 4.79 Å². The number of thioether (sulfide) groups is 1. The number of aryl methyl sites for hydroxylation is 1. The van der Waals surface area contributed by atoms with Crippen LogP contribution < -0.4 is 11.5 Å². The molecule has 1 atom stereocenters. The summed E-state index contributed by atoms with van der Waals surface area (Å²) in [6.07, 6.45) is 0. The van der Waals surface area contributed by atoms with Gasteiger partial charge < -0.3 is 11.5 Å². The van der Waals surface area contributed by atoms with Crippen LogP contribution in [0.25, 0.3) is 0 Å². The standard InChI is InChI=1S/C10H14N2OS/c1-6-5-8(3-4-9(6)11)14-7(2)10(12)13/h3-5,7H,11H2,1-2H3,(H2,12,13). The molecule has 1 aromatic rings. The first-order chi connectivity index (χ1) is 6.50. The maximum Gasteiger partial charge on any atom is 0.230 e. The molecule has 0 aromatic heterocycles. The SMILES string of the molecule is Cc1cc(SC(C)C(N)=O)ccc1N. The number of nitrogens with two attached hydrogens (primary N) is 2. The van der Waals surface area contributed by atoms with Crippen molar-refractivity contribution >= 4 is 23.4 Å². The Morgan fingerprint density at radius 3 is 2.64 bits per heavy atom. The van der Waals surface area contributed by atoms with E-state index in [0.29, 0.717) is 0 Å². The zero-order valence-electron chi connectivity index (χ0n) is 8.28. The minimum absolute atomic E-state index is 0.210. The highest BCUT2D eigenvalue weighted by Gasteiger charge is 2.10. The summed E-state index contributed by atoms with van der Waals surface area (Å²) in [5.41, 5.74) is 12.6. The minimum Gasteiger partial charge on any atom is -0.399 e. The van der Waals surface area contributed by atoms with Crippen LogP contribution in [0.3, 0.4) is 0 Å². The third kappa shape index (κ3) is 2.67. The summed E-state index contributed by atoms with van der Waals surface area (Å²) in [4.78, 5) is 11.8. The quantitative estimate of drug-likeness (QED) is 0.587. The smallest absolute Gasteiger partial charge is 0.230 e. The average Bonchev–Trinajstić information content (AvgIpc) is 2.11. The Hall–Kier alpha value is -1.16. The van der Waals surface area contributed by atoms with Gasteiger partial charge in [0.2, 0.25) is 5.91 Å². The van der Waals surface area contributed by atoms with Crippen molar-refractivity contribution in [3.05, 3.63) is 23.8 Å². The van der Waals surface area contributed by atoms with E-state index in [0.717, 1.165) is 16.1 Å². The van der Waals surface area contributed by atoms with Crippen molar-refractivity contribution in [1.82, 2.24) is 0 Å². The number of carbonyl (C=O) groups is 1. The molecule has 1 aromatic carbocycles. The summed E-state index contributed by atoms with van der Waals surface area (Å²) in [6.45, 7) is 3.73. The van der Waals surface area contributed by atoms with Gasteiger partial charge in [-0.3, -0.25) is 4.79 Å². The molecule has 0 aliphatic carbocycles. The van der Waals surface area contributed by atoms with Crippen LogP contribution in [0.4, 0.5) is 5.69 Å². The lowest BCUT2D eigenvalue weighted by Gasteiger charge is -2.08. The highest BCUT2D eigenvalue weighted by molar-refractivity contribution is 8.00. The number of nitrogen functional groups attached to an aromatic ring is 1. The molecule has 0 bridgehead atoms. The Kier molecular flexibility index (Phi) is 3.41. The fourth-order valence-corrected chi connectivity index (χ4v) is 1.90. The number of anilines is 1. The normalized spacial score (nSPS) is 12.4. The summed E-state index contributed by atoms with van der Waals surface area (Å²) < 4.78 is 0.